The molecule has 5 heteroatoms. The molecule has 0 saturated carbocycles. The zero-order chi connectivity index (χ0) is 8.97. The molecule has 13 heavy (non-hydrogen) atoms. The smallest absolute Gasteiger partial charge is 0.339 e. The zero-order valence-corrected chi connectivity index (χ0v) is 9.39. The van der Waals surface area contributed by atoms with Gasteiger partial charge in [-0.05, 0) is 11.6 Å². The molecule has 72 valence electrons. The van der Waals surface area contributed by atoms with Crippen molar-refractivity contribution >= 4 is 34.3 Å². The third-order valence-corrected chi connectivity index (χ3v) is 2.02. The van der Waals surface area contributed by atoms with Crippen LogP contribution in [0.25, 0.3) is 0 Å². The summed E-state index contributed by atoms with van der Waals surface area (Å²) in [4.78, 5) is 14.9. The van der Waals surface area contributed by atoms with E-state index in [1.165, 1.54) is 13.3 Å². The van der Waals surface area contributed by atoms with Crippen molar-refractivity contribution in [2.75, 3.05) is 7.11 Å². The number of pyridine rings is 1. The average molecular weight is 267 g/mol. The molecular weight excluding hydrogens is 257 g/mol. The van der Waals surface area contributed by atoms with Gasteiger partial charge in [0.2, 0.25) is 0 Å². The van der Waals surface area contributed by atoms with E-state index in [-0.39, 0.29) is 18.4 Å². The molecule has 0 N–H and O–H groups in total. The number of nitrogens with zero attached hydrogens (tertiary/aromatic N) is 1. The highest BCUT2D eigenvalue weighted by molar-refractivity contribution is 9.08. The molecule has 0 saturated heterocycles. The highest BCUT2D eigenvalue weighted by atomic mass is 79.9. The maximum absolute atomic E-state index is 11.0. The predicted molar refractivity (Wildman–Crippen MR) is 55.5 cm³/mol. The van der Waals surface area contributed by atoms with Crippen LogP contribution in [0, 0.1) is 0 Å². The number of esters is 1. The Kier molecular flexibility index (Phi) is 5.66. The lowest BCUT2D eigenvalue weighted by Gasteiger charge is -1.99. The van der Waals surface area contributed by atoms with Crippen molar-refractivity contribution in [2.45, 2.75) is 5.33 Å². The molecule has 3 nitrogen and oxygen atoms in total. The van der Waals surface area contributed by atoms with Crippen molar-refractivity contribution in [1.29, 1.82) is 0 Å². The number of hydrogen-bond donors (Lipinski definition) is 0. The molecule has 1 aromatic rings. The molecule has 0 spiro atoms. The second-order valence-corrected chi connectivity index (χ2v) is 2.77. The van der Waals surface area contributed by atoms with Gasteiger partial charge in [0.15, 0.2) is 0 Å². The summed E-state index contributed by atoms with van der Waals surface area (Å²) in [7, 11) is 1.35. The van der Waals surface area contributed by atoms with Gasteiger partial charge in [0.05, 0.1) is 12.7 Å². The van der Waals surface area contributed by atoms with E-state index in [2.05, 4.69) is 25.7 Å². The molecule has 0 amide bonds. The SMILES string of the molecule is COC(=O)c1cncc(CBr)c1.Cl. The van der Waals surface area contributed by atoms with E-state index < -0.39 is 0 Å². The van der Waals surface area contributed by atoms with Crippen molar-refractivity contribution < 1.29 is 9.53 Å². The van der Waals surface area contributed by atoms with E-state index in [1.807, 2.05) is 0 Å². The zero-order valence-electron chi connectivity index (χ0n) is 6.99. The van der Waals surface area contributed by atoms with Crippen LogP contribution >= 0.6 is 28.3 Å². The van der Waals surface area contributed by atoms with Crippen LogP contribution in [-0.4, -0.2) is 18.1 Å². The van der Waals surface area contributed by atoms with E-state index in [9.17, 15) is 4.79 Å². The summed E-state index contributed by atoms with van der Waals surface area (Å²) >= 11 is 3.27. The first-order chi connectivity index (χ1) is 5.77. The van der Waals surface area contributed by atoms with Crippen LogP contribution in [0.2, 0.25) is 0 Å². The summed E-state index contributed by atoms with van der Waals surface area (Å²) in [6.07, 6.45) is 3.18. The lowest BCUT2D eigenvalue weighted by Crippen LogP contribution is -2.02. The predicted octanol–water partition coefficient (Wildman–Crippen LogP) is 2.18. The number of carbonyl (C=O) groups is 1. The number of rotatable bonds is 2. The summed E-state index contributed by atoms with van der Waals surface area (Å²) in [6.45, 7) is 0. The van der Waals surface area contributed by atoms with Crippen LogP contribution in [-0.2, 0) is 10.1 Å². The molecular formula is C8H9BrClNO2. The molecule has 1 heterocycles. The number of aromatic nitrogens is 1. The van der Waals surface area contributed by atoms with E-state index in [4.69, 9.17) is 0 Å². The maximum atomic E-state index is 11.0. The van der Waals surface area contributed by atoms with Crippen LogP contribution in [0.4, 0.5) is 0 Å². The lowest BCUT2D eigenvalue weighted by atomic mass is 10.2. The van der Waals surface area contributed by atoms with Crippen molar-refractivity contribution in [3.05, 3.63) is 29.6 Å². The molecule has 0 fully saturated rings. The fourth-order valence-electron chi connectivity index (χ4n) is 0.790. The van der Waals surface area contributed by atoms with Gasteiger partial charge in [0.1, 0.15) is 0 Å². The van der Waals surface area contributed by atoms with Gasteiger partial charge in [-0.25, -0.2) is 4.79 Å². The van der Waals surface area contributed by atoms with Gasteiger partial charge < -0.3 is 4.74 Å². The average Bonchev–Trinajstić information content (AvgIpc) is 2.17. The normalized spacial score (nSPS) is 8.77. The largest absolute Gasteiger partial charge is 0.465 e. The lowest BCUT2D eigenvalue weighted by molar-refractivity contribution is 0.0600. The molecule has 0 radical (unpaired) electrons. The molecule has 0 bridgehead atoms. The minimum Gasteiger partial charge on any atom is -0.465 e. The molecule has 0 aliphatic carbocycles. The second kappa shape index (κ2) is 5.94. The molecule has 0 aromatic carbocycles. The van der Waals surface area contributed by atoms with Crippen LogP contribution in [0.1, 0.15) is 15.9 Å². The Morgan fingerprint density at radius 3 is 2.85 bits per heavy atom. The first kappa shape index (κ1) is 12.4. The van der Waals surface area contributed by atoms with E-state index in [0.717, 1.165) is 5.56 Å². The van der Waals surface area contributed by atoms with Gasteiger partial charge >= 0.3 is 5.97 Å². The number of alkyl halides is 1. The highest BCUT2D eigenvalue weighted by Crippen LogP contribution is 2.07. The van der Waals surface area contributed by atoms with Crippen molar-refractivity contribution in [3.8, 4) is 0 Å². The number of carbonyl (C=O) groups excluding carboxylic acids is 1. The Morgan fingerprint density at radius 1 is 1.62 bits per heavy atom. The minimum absolute atomic E-state index is 0. The third-order valence-electron chi connectivity index (χ3n) is 1.37. The first-order valence-electron chi connectivity index (χ1n) is 3.36. The Morgan fingerprint density at radius 2 is 2.31 bits per heavy atom. The van der Waals surface area contributed by atoms with Crippen molar-refractivity contribution in [3.63, 3.8) is 0 Å². The standard InChI is InChI=1S/C8H8BrNO2.ClH/c1-12-8(11)7-2-6(3-9)4-10-5-7;/h2,4-5H,3H2,1H3;1H. The molecule has 0 atom stereocenters. The Labute approximate surface area is 91.0 Å². The molecule has 0 unspecified atom stereocenters. The van der Waals surface area contributed by atoms with Gasteiger partial charge in [-0.2, -0.15) is 0 Å². The third kappa shape index (κ3) is 3.32. The Hall–Kier alpha value is -0.610. The van der Waals surface area contributed by atoms with Crippen LogP contribution in [0.3, 0.4) is 0 Å². The van der Waals surface area contributed by atoms with Gasteiger partial charge in [-0.1, -0.05) is 15.9 Å². The van der Waals surface area contributed by atoms with E-state index in [0.29, 0.717) is 10.9 Å². The monoisotopic (exact) mass is 265 g/mol. The summed E-state index contributed by atoms with van der Waals surface area (Å²) in [5, 5.41) is 0.685. The second-order valence-electron chi connectivity index (χ2n) is 2.21. The number of methoxy groups -OCH3 is 1. The molecule has 0 aliphatic rings. The quantitative estimate of drug-likeness (QED) is 0.608. The van der Waals surface area contributed by atoms with Gasteiger partial charge in [-0.3, -0.25) is 4.98 Å². The molecule has 1 rings (SSSR count). The Bertz CT molecular complexity index is 293. The number of hydrogen-bond acceptors (Lipinski definition) is 3. The maximum Gasteiger partial charge on any atom is 0.339 e. The van der Waals surface area contributed by atoms with Gasteiger partial charge in [-0.15, -0.1) is 12.4 Å². The summed E-state index contributed by atoms with van der Waals surface area (Å²) < 4.78 is 4.54. The minimum atomic E-state index is -0.356. The number of halogens is 2. The summed E-state index contributed by atoms with van der Waals surface area (Å²) in [5.41, 5.74) is 1.44. The molecule has 0 aliphatic heterocycles. The first-order valence-corrected chi connectivity index (χ1v) is 4.48. The van der Waals surface area contributed by atoms with Gasteiger partial charge in [0.25, 0.3) is 0 Å². The van der Waals surface area contributed by atoms with E-state index >= 15 is 0 Å². The molecule has 1 aromatic heterocycles. The van der Waals surface area contributed by atoms with Crippen molar-refractivity contribution in [2.24, 2.45) is 0 Å². The van der Waals surface area contributed by atoms with Crippen LogP contribution in [0.15, 0.2) is 18.5 Å². The van der Waals surface area contributed by atoms with Crippen LogP contribution < -0.4 is 0 Å². The Balaban J connectivity index is 0.00000144. The van der Waals surface area contributed by atoms with Gasteiger partial charge in [0, 0.05) is 17.7 Å². The summed E-state index contributed by atoms with van der Waals surface area (Å²) in [5.74, 6) is -0.356. The topological polar surface area (TPSA) is 39.2 Å². The fourth-order valence-corrected chi connectivity index (χ4v) is 1.10. The van der Waals surface area contributed by atoms with E-state index in [1.54, 1.807) is 12.3 Å². The highest BCUT2D eigenvalue weighted by Gasteiger charge is 2.05. The number of ether oxygens (including phenoxy) is 1. The fraction of sp³-hybridized carbons (Fsp3) is 0.250. The van der Waals surface area contributed by atoms with Crippen molar-refractivity contribution in [1.82, 2.24) is 4.98 Å². The summed E-state index contributed by atoms with van der Waals surface area (Å²) in [6, 6.07) is 1.74. The van der Waals surface area contributed by atoms with Crippen LogP contribution in [0.5, 0.6) is 0 Å².